The van der Waals surface area contributed by atoms with Crippen molar-refractivity contribution in [2.75, 3.05) is 6.61 Å². The molecule has 0 saturated heterocycles. The molecule has 1 atom stereocenters. The van der Waals surface area contributed by atoms with Crippen LogP contribution in [0.4, 0.5) is 0 Å². The van der Waals surface area contributed by atoms with Crippen molar-refractivity contribution in [3.8, 4) is 0 Å². The Kier molecular flexibility index (Phi) is 4.92. The predicted molar refractivity (Wildman–Crippen MR) is 64.2 cm³/mol. The van der Waals surface area contributed by atoms with Crippen LogP contribution in [0.2, 0.25) is 0 Å². The molecule has 16 heavy (non-hydrogen) atoms. The van der Waals surface area contributed by atoms with Crippen molar-refractivity contribution < 1.29 is 13.7 Å². The first kappa shape index (κ1) is 13.6. The van der Waals surface area contributed by atoms with Gasteiger partial charge in [-0.15, -0.1) is 0 Å². The highest BCUT2D eigenvalue weighted by Crippen LogP contribution is 2.21. The molecule has 0 aromatic heterocycles. The van der Waals surface area contributed by atoms with Gasteiger partial charge in [0.25, 0.3) is 0 Å². The average Bonchev–Trinajstić information content (AvgIpc) is 2.70. The monoisotopic (exact) mass is 247 g/mol. The molecule has 4 nitrogen and oxygen atoms in total. The molecule has 94 valence electrons. The van der Waals surface area contributed by atoms with E-state index < -0.39 is 21.7 Å². The summed E-state index contributed by atoms with van der Waals surface area (Å²) in [6.45, 7) is 5.39. The van der Waals surface area contributed by atoms with Crippen LogP contribution in [-0.2, 0) is 20.5 Å². The zero-order valence-corrected chi connectivity index (χ0v) is 11.1. The molecule has 0 bridgehead atoms. The summed E-state index contributed by atoms with van der Waals surface area (Å²) in [5.74, 6) is -0.404. The van der Waals surface area contributed by atoms with Crippen molar-refractivity contribution in [1.29, 1.82) is 0 Å². The molecular formula is C11H21NO3S. The van der Waals surface area contributed by atoms with Crippen molar-refractivity contribution in [2.45, 2.75) is 57.2 Å². The Morgan fingerprint density at radius 2 is 2.00 bits per heavy atom. The van der Waals surface area contributed by atoms with Crippen LogP contribution in [0.3, 0.4) is 0 Å². The number of rotatable bonds is 5. The molecule has 0 amide bonds. The van der Waals surface area contributed by atoms with Gasteiger partial charge in [-0.3, -0.25) is 4.79 Å². The number of hydrogen-bond acceptors (Lipinski definition) is 3. The average molecular weight is 247 g/mol. The van der Waals surface area contributed by atoms with E-state index in [4.69, 9.17) is 4.74 Å². The fourth-order valence-electron chi connectivity index (χ4n) is 1.72. The van der Waals surface area contributed by atoms with E-state index in [0.717, 1.165) is 12.8 Å². The quantitative estimate of drug-likeness (QED) is 0.749. The molecule has 0 heterocycles. The summed E-state index contributed by atoms with van der Waals surface area (Å²) in [5, 5.41) is 0. The molecule has 1 N–H and O–H groups in total. The fraction of sp³-hybridized carbons (Fsp3) is 0.909. The van der Waals surface area contributed by atoms with Gasteiger partial charge in [-0.2, -0.15) is 0 Å². The molecule has 1 aliphatic rings. The summed E-state index contributed by atoms with van der Waals surface area (Å²) in [7, 11) is -1.38. The van der Waals surface area contributed by atoms with Gasteiger partial charge in [-0.1, -0.05) is 12.8 Å². The Balaban J connectivity index is 2.53. The van der Waals surface area contributed by atoms with E-state index in [9.17, 15) is 9.00 Å². The second-order valence-electron chi connectivity index (χ2n) is 4.60. The van der Waals surface area contributed by atoms with Gasteiger partial charge >= 0.3 is 5.97 Å². The van der Waals surface area contributed by atoms with Gasteiger partial charge < -0.3 is 4.74 Å². The number of carbonyl (C=O) groups is 1. The topological polar surface area (TPSA) is 55.4 Å². The number of carbonyl (C=O) groups excluding carboxylic acids is 1. The van der Waals surface area contributed by atoms with Crippen molar-refractivity contribution >= 4 is 17.0 Å². The minimum Gasteiger partial charge on any atom is -0.465 e. The molecular weight excluding hydrogens is 226 g/mol. The number of ether oxygens (including phenoxy) is 1. The van der Waals surface area contributed by atoms with E-state index in [1.54, 1.807) is 20.8 Å². The van der Waals surface area contributed by atoms with Gasteiger partial charge in [0.05, 0.1) is 6.61 Å². The lowest BCUT2D eigenvalue weighted by atomic mass is 10.2. The van der Waals surface area contributed by atoms with Gasteiger partial charge in [0.15, 0.2) is 4.75 Å². The Labute approximate surface area is 99.7 Å². The van der Waals surface area contributed by atoms with Crippen LogP contribution >= 0.6 is 0 Å². The normalized spacial score (nSPS) is 19.7. The molecule has 0 radical (unpaired) electrons. The van der Waals surface area contributed by atoms with Gasteiger partial charge in [0.1, 0.15) is 11.0 Å². The fourth-order valence-corrected chi connectivity index (χ4v) is 2.77. The summed E-state index contributed by atoms with van der Waals surface area (Å²) >= 11 is 0. The smallest absolute Gasteiger partial charge is 0.325 e. The van der Waals surface area contributed by atoms with E-state index in [1.807, 2.05) is 0 Å². The van der Waals surface area contributed by atoms with Crippen LogP contribution in [0.25, 0.3) is 0 Å². The summed E-state index contributed by atoms with van der Waals surface area (Å²) in [6.07, 6.45) is 4.44. The number of esters is 1. The first-order chi connectivity index (χ1) is 7.48. The number of nitrogens with one attached hydrogen (secondary N) is 1. The highest BCUT2D eigenvalue weighted by molar-refractivity contribution is 7.85. The van der Waals surface area contributed by atoms with E-state index in [2.05, 4.69) is 4.72 Å². The molecule has 1 aliphatic carbocycles. The zero-order chi connectivity index (χ0) is 12.2. The van der Waals surface area contributed by atoms with Crippen LogP contribution in [0.1, 0.15) is 46.5 Å². The minimum atomic E-state index is -1.38. The molecule has 5 heteroatoms. The van der Waals surface area contributed by atoms with Crippen molar-refractivity contribution in [3.05, 3.63) is 0 Å². The highest BCUT2D eigenvalue weighted by atomic mass is 32.2. The maximum absolute atomic E-state index is 12.0. The first-order valence-electron chi connectivity index (χ1n) is 5.83. The van der Waals surface area contributed by atoms with Crippen molar-refractivity contribution in [2.24, 2.45) is 0 Å². The lowest BCUT2D eigenvalue weighted by molar-refractivity contribution is -0.145. The third-order valence-electron chi connectivity index (χ3n) is 2.86. The van der Waals surface area contributed by atoms with Crippen LogP contribution in [0.15, 0.2) is 0 Å². The van der Waals surface area contributed by atoms with E-state index in [-0.39, 0.29) is 6.04 Å². The zero-order valence-electron chi connectivity index (χ0n) is 10.2. The lowest BCUT2D eigenvalue weighted by Crippen LogP contribution is -2.46. The van der Waals surface area contributed by atoms with E-state index >= 15 is 0 Å². The lowest BCUT2D eigenvalue weighted by Gasteiger charge is -2.23. The molecule has 1 rings (SSSR count). The molecule has 1 saturated carbocycles. The largest absolute Gasteiger partial charge is 0.465 e. The molecule has 0 aromatic rings. The second kappa shape index (κ2) is 5.77. The Hall–Kier alpha value is -0.420. The molecule has 1 fully saturated rings. The standard InChI is InChI=1S/C11H21NO3S/c1-4-15-10(13)11(2,3)16(14)12-9-7-5-6-8-9/h9,12H,4-8H2,1-3H3. The molecule has 0 spiro atoms. The van der Waals surface area contributed by atoms with Gasteiger partial charge in [-0.05, 0) is 33.6 Å². The van der Waals surface area contributed by atoms with Crippen LogP contribution in [0.5, 0.6) is 0 Å². The SMILES string of the molecule is CCOC(=O)C(C)(C)S(=O)NC1CCCC1. The summed E-state index contributed by atoms with van der Waals surface area (Å²) in [5.41, 5.74) is 0. The second-order valence-corrected chi connectivity index (χ2v) is 6.39. The van der Waals surface area contributed by atoms with Crippen molar-refractivity contribution in [3.63, 3.8) is 0 Å². The van der Waals surface area contributed by atoms with E-state index in [0.29, 0.717) is 6.61 Å². The van der Waals surface area contributed by atoms with Crippen LogP contribution in [0, 0.1) is 0 Å². The third kappa shape index (κ3) is 3.28. The van der Waals surface area contributed by atoms with Gasteiger partial charge in [-0.25, -0.2) is 8.93 Å². The summed E-state index contributed by atoms with van der Waals surface area (Å²) in [6, 6.07) is 0.287. The maximum atomic E-state index is 12.0. The van der Waals surface area contributed by atoms with E-state index in [1.165, 1.54) is 12.8 Å². The predicted octanol–water partition coefficient (Wildman–Crippen LogP) is 1.52. The Bertz CT molecular complexity index is 272. The van der Waals surface area contributed by atoms with Crippen LogP contribution < -0.4 is 4.72 Å². The van der Waals surface area contributed by atoms with Gasteiger partial charge in [0.2, 0.25) is 0 Å². The third-order valence-corrected chi connectivity index (χ3v) is 4.50. The minimum absolute atomic E-state index is 0.287. The summed E-state index contributed by atoms with van der Waals surface area (Å²) in [4.78, 5) is 11.6. The Morgan fingerprint density at radius 3 is 2.50 bits per heavy atom. The molecule has 0 aliphatic heterocycles. The first-order valence-corrected chi connectivity index (χ1v) is 6.98. The number of hydrogen-bond donors (Lipinski definition) is 1. The van der Waals surface area contributed by atoms with Crippen molar-refractivity contribution in [1.82, 2.24) is 4.72 Å². The summed E-state index contributed by atoms with van der Waals surface area (Å²) < 4.78 is 19.0. The van der Waals surface area contributed by atoms with Crippen LogP contribution in [-0.4, -0.2) is 27.6 Å². The molecule has 0 aromatic carbocycles. The highest BCUT2D eigenvalue weighted by Gasteiger charge is 2.37. The maximum Gasteiger partial charge on any atom is 0.325 e. The molecule has 1 unspecified atom stereocenters. The Morgan fingerprint density at radius 1 is 1.44 bits per heavy atom. The van der Waals surface area contributed by atoms with Gasteiger partial charge in [0, 0.05) is 6.04 Å².